The number of hydrogen-bond acceptors (Lipinski definition) is 5. The topological polar surface area (TPSA) is 87.7 Å². The van der Waals surface area contributed by atoms with Crippen molar-refractivity contribution in [2.45, 2.75) is 25.7 Å². The van der Waals surface area contributed by atoms with Gasteiger partial charge in [0.15, 0.2) is 0 Å². The van der Waals surface area contributed by atoms with E-state index in [1.54, 1.807) is 0 Å². The molecule has 2 aromatic rings. The molecule has 0 saturated carbocycles. The zero-order valence-corrected chi connectivity index (χ0v) is 14.7. The average molecular weight is 357 g/mol. The van der Waals surface area contributed by atoms with Gasteiger partial charge in [-0.2, -0.15) is 0 Å². The third-order valence-electron chi connectivity index (χ3n) is 4.33. The summed E-state index contributed by atoms with van der Waals surface area (Å²) in [6.45, 7) is 1.62. The molecular formula is C15H21ClN4O2S. The van der Waals surface area contributed by atoms with Crippen molar-refractivity contribution in [3.05, 3.63) is 22.7 Å². The summed E-state index contributed by atoms with van der Waals surface area (Å²) < 4.78 is 22.2. The van der Waals surface area contributed by atoms with Crippen molar-refractivity contribution in [2.24, 2.45) is 5.92 Å². The summed E-state index contributed by atoms with van der Waals surface area (Å²) in [7, 11) is -2.86. The van der Waals surface area contributed by atoms with Crippen LogP contribution >= 0.6 is 11.6 Å². The smallest absolute Gasteiger partial charge is 0.147 e. The highest BCUT2D eigenvalue weighted by atomic mass is 35.5. The van der Waals surface area contributed by atoms with Crippen molar-refractivity contribution >= 4 is 32.5 Å². The fourth-order valence-electron chi connectivity index (χ4n) is 3.21. The molecule has 0 bridgehead atoms. The summed E-state index contributed by atoms with van der Waals surface area (Å²) in [6, 6.07) is 0. The molecule has 0 fully saturated rings. The van der Waals surface area contributed by atoms with E-state index in [4.69, 9.17) is 11.6 Å². The molecule has 0 aliphatic heterocycles. The third kappa shape index (κ3) is 4.02. The minimum Gasteiger partial charge on any atom is -0.343 e. The molecule has 1 aliphatic rings. The van der Waals surface area contributed by atoms with Crippen LogP contribution < -0.4 is 5.32 Å². The lowest BCUT2D eigenvalue weighted by Crippen LogP contribution is -2.28. The first-order chi connectivity index (χ1) is 10.9. The van der Waals surface area contributed by atoms with Gasteiger partial charge in [0.25, 0.3) is 0 Å². The number of nitrogens with one attached hydrogen (secondary N) is 2. The standard InChI is InChI=1S/C15H21ClN4O2S/c1-23(21,22)6-2-5-17-8-10-3-4-12-11(7-10)13-14(16)18-9-19-15(13)20-12/h9-10,17H,2-8H2,1H3,(H,18,19,20)/t10-/m1/s1. The second-order valence-electron chi connectivity index (χ2n) is 6.27. The lowest BCUT2D eigenvalue weighted by molar-refractivity contribution is 0.424. The Hall–Kier alpha value is -1.18. The average Bonchev–Trinajstić information content (AvgIpc) is 2.84. The Morgan fingerprint density at radius 3 is 3.04 bits per heavy atom. The Bertz CT molecular complexity index is 803. The van der Waals surface area contributed by atoms with Gasteiger partial charge in [0.1, 0.15) is 27.0 Å². The van der Waals surface area contributed by atoms with E-state index in [2.05, 4.69) is 20.3 Å². The number of aromatic nitrogens is 3. The normalized spacial score (nSPS) is 18.3. The summed E-state index contributed by atoms with van der Waals surface area (Å²) in [6.07, 6.45) is 6.44. The van der Waals surface area contributed by atoms with Gasteiger partial charge in [-0.1, -0.05) is 11.6 Å². The van der Waals surface area contributed by atoms with Crippen LogP contribution in [0.1, 0.15) is 24.1 Å². The van der Waals surface area contributed by atoms with E-state index in [1.807, 2.05) is 0 Å². The molecule has 0 unspecified atom stereocenters. The molecule has 0 amide bonds. The first-order valence-corrected chi connectivity index (χ1v) is 10.3. The molecule has 0 aromatic carbocycles. The second kappa shape index (κ2) is 6.75. The molecule has 3 rings (SSSR count). The molecule has 6 nitrogen and oxygen atoms in total. The number of hydrogen-bond donors (Lipinski definition) is 2. The second-order valence-corrected chi connectivity index (χ2v) is 8.88. The summed E-state index contributed by atoms with van der Waals surface area (Å²) >= 11 is 6.23. The molecule has 2 N–H and O–H groups in total. The molecule has 1 atom stereocenters. The summed E-state index contributed by atoms with van der Waals surface area (Å²) in [4.78, 5) is 11.7. The maximum atomic E-state index is 11.1. The number of H-pyrrole nitrogens is 1. The van der Waals surface area contributed by atoms with Crippen molar-refractivity contribution in [1.29, 1.82) is 0 Å². The minimum absolute atomic E-state index is 0.240. The SMILES string of the molecule is CS(=O)(=O)CCCNC[C@@H]1CCc2[nH]c3ncnc(Cl)c3c2C1. The zero-order chi connectivity index (χ0) is 16.4. The Kier molecular flexibility index (Phi) is 4.89. The number of sulfone groups is 1. The Labute approximate surface area is 141 Å². The van der Waals surface area contributed by atoms with Crippen molar-refractivity contribution in [1.82, 2.24) is 20.3 Å². The van der Waals surface area contributed by atoms with Crippen LogP contribution in [0, 0.1) is 5.92 Å². The van der Waals surface area contributed by atoms with Crippen molar-refractivity contribution in [3.8, 4) is 0 Å². The Morgan fingerprint density at radius 2 is 2.26 bits per heavy atom. The lowest BCUT2D eigenvalue weighted by atomic mass is 9.86. The van der Waals surface area contributed by atoms with Crippen molar-refractivity contribution < 1.29 is 8.42 Å². The third-order valence-corrected chi connectivity index (χ3v) is 5.65. The minimum atomic E-state index is -2.86. The zero-order valence-electron chi connectivity index (χ0n) is 13.1. The van der Waals surface area contributed by atoms with Gasteiger partial charge in [0.2, 0.25) is 0 Å². The van der Waals surface area contributed by atoms with Gasteiger partial charge in [0, 0.05) is 11.9 Å². The summed E-state index contributed by atoms with van der Waals surface area (Å²) in [5, 5.41) is 4.83. The highest BCUT2D eigenvalue weighted by Gasteiger charge is 2.24. The monoisotopic (exact) mass is 356 g/mol. The van der Waals surface area contributed by atoms with E-state index < -0.39 is 9.84 Å². The number of aromatic amines is 1. The Morgan fingerprint density at radius 1 is 1.43 bits per heavy atom. The van der Waals surface area contributed by atoms with E-state index in [0.29, 0.717) is 17.5 Å². The molecular weight excluding hydrogens is 336 g/mol. The van der Waals surface area contributed by atoms with Crippen LogP contribution in [0.4, 0.5) is 0 Å². The van der Waals surface area contributed by atoms with E-state index in [0.717, 1.165) is 43.4 Å². The number of aryl methyl sites for hydroxylation is 1. The van der Waals surface area contributed by atoms with Crippen LogP contribution in [-0.2, 0) is 22.7 Å². The quantitative estimate of drug-likeness (QED) is 0.608. The molecule has 8 heteroatoms. The van der Waals surface area contributed by atoms with Gasteiger partial charge >= 0.3 is 0 Å². The molecule has 2 aromatic heterocycles. The fraction of sp³-hybridized carbons (Fsp3) is 0.600. The van der Waals surface area contributed by atoms with Crippen LogP contribution in [0.2, 0.25) is 5.15 Å². The Balaban J connectivity index is 1.59. The van der Waals surface area contributed by atoms with Crippen LogP contribution in [0.5, 0.6) is 0 Å². The van der Waals surface area contributed by atoms with E-state index in [9.17, 15) is 8.42 Å². The van der Waals surface area contributed by atoms with E-state index in [-0.39, 0.29) is 5.75 Å². The molecule has 23 heavy (non-hydrogen) atoms. The van der Waals surface area contributed by atoms with E-state index >= 15 is 0 Å². The van der Waals surface area contributed by atoms with Gasteiger partial charge in [-0.3, -0.25) is 0 Å². The maximum Gasteiger partial charge on any atom is 0.147 e. The number of nitrogens with zero attached hydrogens (tertiary/aromatic N) is 2. The maximum absolute atomic E-state index is 11.1. The predicted octanol–water partition coefficient (Wildman–Crippen LogP) is 1.74. The molecule has 1 aliphatic carbocycles. The lowest BCUT2D eigenvalue weighted by Gasteiger charge is -2.22. The first-order valence-electron chi connectivity index (χ1n) is 7.82. The molecule has 0 radical (unpaired) electrons. The van der Waals surface area contributed by atoms with Gasteiger partial charge in [-0.05, 0) is 50.3 Å². The highest BCUT2D eigenvalue weighted by molar-refractivity contribution is 7.90. The van der Waals surface area contributed by atoms with Gasteiger partial charge in [-0.25, -0.2) is 18.4 Å². The largest absolute Gasteiger partial charge is 0.343 e. The molecule has 0 saturated heterocycles. The number of halogens is 1. The van der Waals surface area contributed by atoms with Crippen molar-refractivity contribution in [3.63, 3.8) is 0 Å². The van der Waals surface area contributed by atoms with Crippen LogP contribution in [0.25, 0.3) is 11.0 Å². The summed E-state index contributed by atoms with van der Waals surface area (Å²) in [5.74, 6) is 0.764. The van der Waals surface area contributed by atoms with Gasteiger partial charge < -0.3 is 10.3 Å². The highest BCUT2D eigenvalue weighted by Crippen LogP contribution is 2.33. The van der Waals surface area contributed by atoms with E-state index in [1.165, 1.54) is 23.8 Å². The molecule has 0 spiro atoms. The van der Waals surface area contributed by atoms with Gasteiger partial charge in [0.05, 0.1) is 11.1 Å². The summed E-state index contributed by atoms with van der Waals surface area (Å²) in [5.41, 5.74) is 3.27. The number of rotatable bonds is 6. The molecule has 2 heterocycles. The van der Waals surface area contributed by atoms with Crippen LogP contribution in [-0.4, -0.2) is 48.5 Å². The first kappa shape index (κ1) is 16.7. The molecule has 126 valence electrons. The van der Waals surface area contributed by atoms with Crippen LogP contribution in [0.3, 0.4) is 0 Å². The van der Waals surface area contributed by atoms with Crippen LogP contribution in [0.15, 0.2) is 6.33 Å². The number of fused-ring (bicyclic) bond motifs is 3. The fourth-order valence-corrected chi connectivity index (χ4v) is 4.13. The predicted molar refractivity (Wildman–Crippen MR) is 91.6 cm³/mol. The van der Waals surface area contributed by atoms with Crippen molar-refractivity contribution in [2.75, 3.05) is 25.1 Å². The van der Waals surface area contributed by atoms with Gasteiger partial charge in [-0.15, -0.1) is 0 Å².